The van der Waals surface area contributed by atoms with Gasteiger partial charge in [0.2, 0.25) is 5.91 Å². The third-order valence-electron chi connectivity index (χ3n) is 10.7. The van der Waals surface area contributed by atoms with Gasteiger partial charge in [-0.05, 0) is 130 Å². The Labute approximate surface area is 315 Å². The molecule has 5 N–H and O–H groups in total. The molecule has 2 saturated heterocycles. The second-order valence-corrected chi connectivity index (χ2v) is 15.0. The summed E-state index contributed by atoms with van der Waals surface area (Å²) in [6.45, 7) is 10.2. The molecule has 54 heavy (non-hydrogen) atoms. The molecule has 4 aromatic rings. The van der Waals surface area contributed by atoms with E-state index in [1.807, 2.05) is 37.4 Å². The van der Waals surface area contributed by atoms with E-state index in [0.29, 0.717) is 54.7 Å². The number of halogens is 1. The highest BCUT2D eigenvalue weighted by atomic mass is 19.1. The number of aryl methyl sites for hydroxylation is 1. The van der Waals surface area contributed by atoms with Gasteiger partial charge in [0.25, 0.3) is 0 Å². The Hall–Kier alpha value is -5.26. The molecule has 0 unspecified atom stereocenters. The van der Waals surface area contributed by atoms with Crippen LogP contribution in [0.5, 0.6) is 5.75 Å². The number of ether oxygens (including phenoxy) is 1. The van der Waals surface area contributed by atoms with Gasteiger partial charge in [0, 0.05) is 60.4 Å². The van der Waals surface area contributed by atoms with Gasteiger partial charge in [0.1, 0.15) is 23.9 Å². The maximum absolute atomic E-state index is 15.1. The van der Waals surface area contributed by atoms with Gasteiger partial charge in [0.05, 0.1) is 11.0 Å². The molecule has 0 radical (unpaired) electrons. The number of H-pyrrole nitrogens is 2. The van der Waals surface area contributed by atoms with Crippen molar-refractivity contribution < 1.29 is 13.9 Å². The third kappa shape index (κ3) is 8.27. The molecule has 280 valence electrons. The number of nitrogens with zero attached hydrogens (tertiary/aromatic N) is 3. The first-order chi connectivity index (χ1) is 26.3. The first kappa shape index (κ1) is 35.8. The van der Waals surface area contributed by atoms with Crippen molar-refractivity contribution in [3.8, 4) is 17.3 Å². The molecule has 10 nitrogen and oxygen atoms in total. The van der Waals surface area contributed by atoms with Crippen LogP contribution in [-0.4, -0.2) is 76.8 Å². The van der Waals surface area contributed by atoms with E-state index in [9.17, 15) is 4.79 Å². The number of piperidine rings is 1. The minimum absolute atomic E-state index is 0.0526. The molecular weight excluding hydrogens is 680 g/mol. The monoisotopic (exact) mass is 728 g/mol. The fourth-order valence-corrected chi connectivity index (χ4v) is 7.97. The fourth-order valence-electron chi connectivity index (χ4n) is 7.97. The van der Waals surface area contributed by atoms with Crippen molar-refractivity contribution in [1.29, 1.82) is 0 Å². The molecule has 8 rings (SSSR count). The number of aromatic amines is 2. The van der Waals surface area contributed by atoms with E-state index < -0.39 is 0 Å². The number of fused-ring (bicyclic) bond motifs is 2. The molecule has 2 aromatic heterocycles. The molecule has 4 aliphatic rings. The number of nitrogens with one attached hydrogen (secondary N) is 5. The molecule has 0 spiro atoms. The standard InChI is InChI=1S/C43H49FN8O2/c1-27-5-6-36(31-21-33(44)25-35(23-31)54-16-15-52-13-3-4-14-52)41-39(19-27)48-43(49-41)42-37-24-32(26-46-12-9-38(37)50-51-42)30-17-28(2)18-34(22-30)47-40(53)20-29-7-10-45-11-8-29/h5-6,9,17-18,21-26,29,45-46,50H,3-4,7-8,10-16,19-20H2,1-2H3,(H,47,53)(H,48,49)/b32-26?,37-24+,38-9-. The summed E-state index contributed by atoms with van der Waals surface area (Å²) in [4.78, 5) is 24.2. The number of benzene rings is 2. The summed E-state index contributed by atoms with van der Waals surface area (Å²) in [5.74, 6) is 1.26. The molecule has 2 fully saturated rings. The lowest BCUT2D eigenvalue weighted by atomic mass is 9.94. The Morgan fingerprint density at radius 3 is 2.72 bits per heavy atom. The van der Waals surface area contributed by atoms with Gasteiger partial charge >= 0.3 is 0 Å². The highest BCUT2D eigenvalue weighted by molar-refractivity contribution is 5.94. The molecule has 11 heteroatoms. The number of hydrogen-bond donors (Lipinski definition) is 5. The van der Waals surface area contributed by atoms with E-state index in [0.717, 1.165) is 101 Å². The van der Waals surface area contributed by atoms with E-state index in [1.165, 1.54) is 18.9 Å². The van der Waals surface area contributed by atoms with Crippen LogP contribution in [0.3, 0.4) is 0 Å². The Morgan fingerprint density at radius 2 is 1.87 bits per heavy atom. The number of carbonyl (C=O) groups excluding carboxylic acids is 1. The SMILES string of the molecule is CC1=CC=C(c2cc(F)cc(OCCN3CCCC3)c2)c2nc(-c3n[nH]c4/c3=C\C(c3cc(C)cc(NC(=O)CC5CCNCC5)c3)=CNC/C=4)[nH]c2C1. The Kier molecular flexibility index (Phi) is 10.6. The van der Waals surface area contributed by atoms with Gasteiger partial charge in [0.15, 0.2) is 5.82 Å². The predicted molar refractivity (Wildman–Crippen MR) is 212 cm³/mol. The number of hydrogen-bond acceptors (Lipinski definition) is 7. The Bertz CT molecular complexity index is 2250. The summed E-state index contributed by atoms with van der Waals surface area (Å²) >= 11 is 0. The lowest BCUT2D eigenvalue weighted by Crippen LogP contribution is -2.30. The first-order valence-corrected chi connectivity index (χ1v) is 19.3. The van der Waals surface area contributed by atoms with Crippen molar-refractivity contribution in [2.75, 3.05) is 51.2 Å². The van der Waals surface area contributed by atoms with Crippen LogP contribution in [0, 0.1) is 18.7 Å². The smallest absolute Gasteiger partial charge is 0.224 e. The van der Waals surface area contributed by atoms with Gasteiger partial charge < -0.3 is 25.7 Å². The summed E-state index contributed by atoms with van der Waals surface area (Å²) in [5, 5.41) is 19.7. The van der Waals surface area contributed by atoms with Crippen molar-refractivity contribution in [2.45, 2.75) is 52.4 Å². The fraction of sp³-hybridized carbons (Fsp3) is 0.372. The molecule has 1 amide bonds. The Balaban J connectivity index is 1.09. The van der Waals surface area contributed by atoms with E-state index >= 15 is 4.39 Å². The highest BCUT2D eigenvalue weighted by Gasteiger charge is 2.23. The molecule has 0 saturated carbocycles. The second-order valence-electron chi connectivity index (χ2n) is 15.0. The molecule has 5 heterocycles. The lowest BCUT2D eigenvalue weighted by molar-refractivity contribution is -0.117. The van der Waals surface area contributed by atoms with Crippen LogP contribution in [0.25, 0.3) is 34.8 Å². The molecular formula is C43H49FN8O2. The summed E-state index contributed by atoms with van der Waals surface area (Å²) in [6, 6.07) is 11.1. The zero-order valence-electron chi connectivity index (χ0n) is 31.2. The third-order valence-corrected chi connectivity index (χ3v) is 10.7. The number of amides is 1. The largest absolute Gasteiger partial charge is 0.492 e. The van der Waals surface area contributed by atoms with E-state index in [1.54, 1.807) is 6.07 Å². The quantitative estimate of drug-likeness (QED) is 0.152. The average Bonchev–Trinajstić information content (AvgIpc) is 3.87. The second kappa shape index (κ2) is 16.0. The van der Waals surface area contributed by atoms with Gasteiger partial charge in [-0.1, -0.05) is 23.8 Å². The maximum Gasteiger partial charge on any atom is 0.224 e. The van der Waals surface area contributed by atoms with Crippen LogP contribution in [0.4, 0.5) is 10.1 Å². The van der Waals surface area contributed by atoms with Crippen LogP contribution < -0.4 is 31.3 Å². The molecule has 1 aliphatic carbocycles. The van der Waals surface area contributed by atoms with Crippen LogP contribution >= 0.6 is 0 Å². The minimum atomic E-state index is -0.348. The van der Waals surface area contributed by atoms with E-state index in [2.05, 4.69) is 62.2 Å². The zero-order valence-corrected chi connectivity index (χ0v) is 31.2. The van der Waals surface area contributed by atoms with Gasteiger partial charge in [-0.25, -0.2) is 9.37 Å². The van der Waals surface area contributed by atoms with Crippen molar-refractivity contribution in [1.82, 2.24) is 35.7 Å². The average molecular weight is 729 g/mol. The predicted octanol–water partition coefficient (Wildman–Crippen LogP) is 5.19. The number of rotatable bonds is 10. The first-order valence-electron chi connectivity index (χ1n) is 19.3. The summed E-state index contributed by atoms with van der Waals surface area (Å²) < 4.78 is 21.2. The van der Waals surface area contributed by atoms with E-state index in [-0.39, 0.29) is 11.7 Å². The van der Waals surface area contributed by atoms with Crippen LogP contribution in [0.1, 0.15) is 67.1 Å². The minimum Gasteiger partial charge on any atom is -0.492 e. The van der Waals surface area contributed by atoms with Crippen LogP contribution in [0.2, 0.25) is 0 Å². The van der Waals surface area contributed by atoms with Crippen molar-refractivity contribution in [2.24, 2.45) is 5.92 Å². The molecule has 0 bridgehead atoms. The lowest BCUT2D eigenvalue weighted by Gasteiger charge is -2.22. The van der Waals surface area contributed by atoms with Gasteiger partial charge in [-0.3, -0.25) is 14.8 Å². The normalized spacial score (nSPS) is 18.9. The van der Waals surface area contributed by atoms with Gasteiger partial charge in [-0.15, -0.1) is 0 Å². The number of anilines is 1. The Morgan fingerprint density at radius 1 is 1.02 bits per heavy atom. The van der Waals surface area contributed by atoms with Crippen molar-refractivity contribution in [3.63, 3.8) is 0 Å². The van der Waals surface area contributed by atoms with Crippen molar-refractivity contribution in [3.05, 3.63) is 105 Å². The maximum atomic E-state index is 15.1. The van der Waals surface area contributed by atoms with Crippen molar-refractivity contribution >= 4 is 34.9 Å². The molecule has 2 aromatic carbocycles. The number of carbonyl (C=O) groups is 1. The highest BCUT2D eigenvalue weighted by Crippen LogP contribution is 2.33. The van der Waals surface area contributed by atoms with Gasteiger partial charge in [-0.2, -0.15) is 5.10 Å². The number of imidazole rings is 1. The zero-order chi connectivity index (χ0) is 37.0. The van der Waals surface area contributed by atoms with E-state index in [4.69, 9.17) is 14.8 Å². The molecule has 0 atom stereocenters. The summed E-state index contributed by atoms with van der Waals surface area (Å²) in [7, 11) is 0. The number of aromatic nitrogens is 4. The topological polar surface area (TPSA) is 123 Å². The van der Waals surface area contributed by atoms with Crippen LogP contribution in [-0.2, 0) is 11.2 Å². The molecule has 3 aliphatic heterocycles. The number of likely N-dealkylation sites (tertiary alicyclic amines) is 1. The summed E-state index contributed by atoms with van der Waals surface area (Å²) in [6.07, 6.45) is 16.0. The summed E-state index contributed by atoms with van der Waals surface area (Å²) in [5.41, 5.74) is 8.85. The van der Waals surface area contributed by atoms with Crippen LogP contribution in [0.15, 0.2) is 60.3 Å². The number of allylic oxidation sites excluding steroid dienone is 4.